The van der Waals surface area contributed by atoms with Crippen LogP contribution in [-0.4, -0.2) is 60.1 Å². The van der Waals surface area contributed by atoms with E-state index in [0.717, 1.165) is 52.2 Å². The minimum Gasteiger partial charge on any atom is -0.493 e. The number of fused-ring (bicyclic) bond motifs is 1. The Balaban J connectivity index is 1.37. The molecule has 42 heavy (non-hydrogen) atoms. The molecule has 2 N–H and O–H groups in total. The molecule has 0 saturated carbocycles. The van der Waals surface area contributed by atoms with Crippen molar-refractivity contribution < 1.29 is 34.0 Å². The Hall–Kier alpha value is -3.46. The van der Waals surface area contributed by atoms with Gasteiger partial charge in [-0.05, 0) is 66.8 Å². The summed E-state index contributed by atoms with van der Waals surface area (Å²) in [6.07, 6.45) is 2.46. The molecule has 1 saturated heterocycles. The summed E-state index contributed by atoms with van der Waals surface area (Å²) in [5.74, 6) is 1.67. The van der Waals surface area contributed by atoms with E-state index in [4.69, 9.17) is 30.5 Å². The second kappa shape index (κ2) is 13.7. The lowest BCUT2D eigenvalue weighted by atomic mass is 9.96. The van der Waals surface area contributed by atoms with Gasteiger partial charge in [-0.15, -0.1) is 0 Å². The topological polar surface area (TPSA) is 97.7 Å². The first-order chi connectivity index (χ1) is 20.3. The van der Waals surface area contributed by atoms with Crippen LogP contribution in [-0.2, 0) is 17.9 Å². The standard InChI is InChI=1S/C33H38ClNO7/c1-21(18-36)19-41-30-16-31(27(34)14-25(30)17-35-11-4-3-8-28(35)33(37)38)42-20-24-6-5-7-26(22(24)2)23-9-10-29-32(15-23)40-13-12-39-29/h5-7,9-10,14-16,21,28,36H,3-4,8,11-13,17-20H2,1-2H3,(H,37,38)/t21-,28-/m0/s1. The molecule has 0 amide bonds. The molecule has 0 spiro atoms. The summed E-state index contributed by atoms with van der Waals surface area (Å²) in [6.45, 7) is 6.75. The summed E-state index contributed by atoms with van der Waals surface area (Å²) in [5.41, 5.74) is 5.00. The highest BCUT2D eigenvalue weighted by Crippen LogP contribution is 2.38. The Morgan fingerprint density at radius 1 is 1.05 bits per heavy atom. The monoisotopic (exact) mass is 595 g/mol. The van der Waals surface area contributed by atoms with E-state index in [0.29, 0.717) is 62.5 Å². The van der Waals surface area contributed by atoms with Crippen LogP contribution in [0.1, 0.15) is 42.9 Å². The van der Waals surface area contributed by atoms with Crippen molar-refractivity contribution in [3.8, 4) is 34.1 Å². The van der Waals surface area contributed by atoms with Crippen LogP contribution in [0.4, 0.5) is 0 Å². The lowest BCUT2D eigenvalue weighted by Gasteiger charge is -2.33. The van der Waals surface area contributed by atoms with Crippen LogP contribution >= 0.6 is 11.6 Å². The second-order valence-corrected chi connectivity index (χ2v) is 11.5. The maximum absolute atomic E-state index is 11.9. The number of aliphatic hydroxyl groups is 1. The predicted molar refractivity (Wildman–Crippen MR) is 161 cm³/mol. The molecule has 9 heteroatoms. The number of ether oxygens (including phenoxy) is 4. The minimum atomic E-state index is -0.814. The molecule has 0 unspecified atom stereocenters. The van der Waals surface area contributed by atoms with Crippen molar-refractivity contribution in [2.24, 2.45) is 5.92 Å². The van der Waals surface area contributed by atoms with Crippen LogP contribution in [0.3, 0.4) is 0 Å². The number of hydrogen-bond donors (Lipinski definition) is 2. The SMILES string of the molecule is Cc1c(COc2cc(OC[C@@H](C)CO)c(CN3CCCC[C@H]3C(=O)O)cc2Cl)cccc1-c1ccc2c(c1)OCCO2. The van der Waals surface area contributed by atoms with Crippen molar-refractivity contribution in [1.29, 1.82) is 0 Å². The van der Waals surface area contributed by atoms with Gasteiger partial charge < -0.3 is 29.2 Å². The smallest absolute Gasteiger partial charge is 0.320 e. The van der Waals surface area contributed by atoms with Gasteiger partial charge in [0.25, 0.3) is 0 Å². The third-order valence-corrected chi connectivity index (χ3v) is 8.20. The zero-order valence-corrected chi connectivity index (χ0v) is 24.9. The summed E-state index contributed by atoms with van der Waals surface area (Å²) in [7, 11) is 0. The molecular formula is C33H38ClNO7. The molecule has 5 rings (SSSR count). The highest BCUT2D eigenvalue weighted by molar-refractivity contribution is 6.32. The zero-order chi connectivity index (χ0) is 29.6. The van der Waals surface area contributed by atoms with Gasteiger partial charge in [0.1, 0.15) is 37.4 Å². The molecule has 8 nitrogen and oxygen atoms in total. The Labute approximate surface area is 251 Å². The van der Waals surface area contributed by atoms with Crippen LogP contribution < -0.4 is 18.9 Å². The highest BCUT2D eigenvalue weighted by atomic mass is 35.5. The second-order valence-electron chi connectivity index (χ2n) is 11.0. The minimum absolute atomic E-state index is 0.00151. The van der Waals surface area contributed by atoms with E-state index in [9.17, 15) is 15.0 Å². The van der Waals surface area contributed by atoms with Crippen molar-refractivity contribution in [3.63, 3.8) is 0 Å². The Morgan fingerprint density at radius 3 is 2.64 bits per heavy atom. The van der Waals surface area contributed by atoms with Crippen molar-refractivity contribution in [1.82, 2.24) is 4.90 Å². The number of nitrogens with zero attached hydrogens (tertiary/aromatic N) is 1. The molecule has 2 aliphatic rings. The van der Waals surface area contributed by atoms with Crippen LogP contribution in [0.2, 0.25) is 5.02 Å². The number of aliphatic hydroxyl groups excluding tert-OH is 1. The average Bonchev–Trinajstić information content (AvgIpc) is 3.00. The van der Waals surface area contributed by atoms with E-state index < -0.39 is 12.0 Å². The van der Waals surface area contributed by atoms with E-state index in [-0.39, 0.29) is 12.5 Å². The van der Waals surface area contributed by atoms with Crippen molar-refractivity contribution in [2.45, 2.75) is 52.3 Å². The number of carboxylic acid groups (broad SMARTS) is 1. The first-order valence-corrected chi connectivity index (χ1v) is 14.9. The Bertz CT molecular complexity index is 1410. The number of piperidine rings is 1. The molecule has 2 aliphatic heterocycles. The largest absolute Gasteiger partial charge is 0.493 e. The number of rotatable bonds is 11. The third-order valence-electron chi connectivity index (χ3n) is 7.90. The molecule has 3 aromatic carbocycles. The number of carboxylic acids is 1. The van der Waals surface area contributed by atoms with Crippen LogP contribution in [0, 0.1) is 12.8 Å². The molecule has 0 radical (unpaired) electrons. The number of aliphatic carboxylic acids is 1. The van der Waals surface area contributed by atoms with Gasteiger partial charge in [-0.3, -0.25) is 9.69 Å². The van der Waals surface area contributed by atoms with Gasteiger partial charge in [0, 0.05) is 30.7 Å². The normalized spacial score (nSPS) is 17.5. The predicted octanol–water partition coefficient (Wildman–Crippen LogP) is 6.11. The summed E-state index contributed by atoms with van der Waals surface area (Å²) >= 11 is 6.73. The average molecular weight is 596 g/mol. The first-order valence-electron chi connectivity index (χ1n) is 14.5. The van der Waals surface area contributed by atoms with Crippen molar-refractivity contribution in [2.75, 3.05) is 33.0 Å². The lowest BCUT2D eigenvalue weighted by molar-refractivity contribution is -0.144. The quantitative estimate of drug-likeness (QED) is 0.274. The van der Waals surface area contributed by atoms with Gasteiger partial charge >= 0.3 is 5.97 Å². The van der Waals surface area contributed by atoms with Gasteiger partial charge in [-0.25, -0.2) is 0 Å². The fourth-order valence-corrected chi connectivity index (χ4v) is 5.67. The molecular weight excluding hydrogens is 558 g/mol. The number of carbonyl (C=O) groups is 1. The molecule has 2 atom stereocenters. The summed E-state index contributed by atoms with van der Waals surface area (Å²) in [6, 6.07) is 15.1. The molecule has 3 aromatic rings. The van der Waals surface area contributed by atoms with Crippen LogP contribution in [0.15, 0.2) is 48.5 Å². The molecule has 2 heterocycles. The molecule has 1 fully saturated rings. The van der Waals surface area contributed by atoms with Crippen LogP contribution in [0.5, 0.6) is 23.0 Å². The van der Waals surface area contributed by atoms with Gasteiger partial charge in [0.05, 0.1) is 11.6 Å². The number of benzene rings is 3. The summed E-state index contributed by atoms with van der Waals surface area (Å²) in [5, 5.41) is 19.7. The van der Waals surface area contributed by atoms with E-state index in [1.54, 1.807) is 6.07 Å². The van der Waals surface area contributed by atoms with E-state index in [1.165, 1.54) is 0 Å². The van der Waals surface area contributed by atoms with E-state index >= 15 is 0 Å². The number of halogens is 1. The maximum Gasteiger partial charge on any atom is 0.320 e. The lowest BCUT2D eigenvalue weighted by Crippen LogP contribution is -2.44. The van der Waals surface area contributed by atoms with Gasteiger partial charge in [0.2, 0.25) is 0 Å². The maximum atomic E-state index is 11.9. The van der Waals surface area contributed by atoms with Gasteiger partial charge in [-0.2, -0.15) is 0 Å². The van der Waals surface area contributed by atoms with E-state index in [2.05, 4.69) is 13.0 Å². The molecule has 224 valence electrons. The van der Waals surface area contributed by atoms with Crippen LogP contribution in [0.25, 0.3) is 11.1 Å². The van der Waals surface area contributed by atoms with Crippen molar-refractivity contribution >= 4 is 17.6 Å². The number of likely N-dealkylation sites (tertiary alicyclic amines) is 1. The third kappa shape index (κ3) is 6.94. The van der Waals surface area contributed by atoms with E-state index in [1.807, 2.05) is 48.2 Å². The fourth-order valence-electron chi connectivity index (χ4n) is 5.43. The molecule has 0 aliphatic carbocycles. The molecule has 0 bridgehead atoms. The molecule has 0 aromatic heterocycles. The first kappa shape index (κ1) is 30.0. The summed E-state index contributed by atoms with van der Waals surface area (Å²) in [4.78, 5) is 13.8. The van der Waals surface area contributed by atoms with Gasteiger partial charge in [0.15, 0.2) is 11.5 Å². The highest BCUT2D eigenvalue weighted by Gasteiger charge is 2.29. The van der Waals surface area contributed by atoms with Gasteiger partial charge in [-0.1, -0.05) is 49.2 Å². The fraction of sp³-hybridized carbons (Fsp3) is 0.424. The number of hydrogen-bond acceptors (Lipinski definition) is 7. The summed E-state index contributed by atoms with van der Waals surface area (Å²) < 4.78 is 23.8. The Morgan fingerprint density at radius 2 is 1.86 bits per heavy atom. The van der Waals surface area contributed by atoms with Crippen molar-refractivity contribution in [3.05, 3.63) is 70.2 Å². The zero-order valence-electron chi connectivity index (χ0n) is 24.1. The Kier molecular flexibility index (Phi) is 9.77.